The first-order valence-electron chi connectivity index (χ1n) is 5.95. The summed E-state index contributed by atoms with van der Waals surface area (Å²) in [6, 6.07) is 5.48. The molecular formula is C14H15ClN2O3. The third kappa shape index (κ3) is 3.30. The zero-order valence-electron chi connectivity index (χ0n) is 11.5. The molecule has 2 aromatic rings. The summed E-state index contributed by atoms with van der Waals surface area (Å²) < 4.78 is 16.0. The Morgan fingerprint density at radius 3 is 2.15 bits per heavy atom. The van der Waals surface area contributed by atoms with Gasteiger partial charge < -0.3 is 14.2 Å². The second-order valence-electron chi connectivity index (χ2n) is 4.05. The molecule has 106 valence electrons. The van der Waals surface area contributed by atoms with Gasteiger partial charge in [-0.3, -0.25) is 0 Å². The zero-order valence-corrected chi connectivity index (χ0v) is 12.3. The van der Waals surface area contributed by atoms with Gasteiger partial charge in [-0.25, -0.2) is 4.98 Å². The largest absolute Gasteiger partial charge is 0.496 e. The first-order chi connectivity index (χ1) is 9.66. The fourth-order valence-corrected chi connectivity index (χ4v) is 1.86. The fourth-order valence-electron chi connectivity index (χ4n) is 1.60. The van der Waals surface area contributed by atoms with Crippen LogP contribution in [0.15, 0.2) is 24.4 Å². The first-order valence-corrected chi connectivity index (χ1v) is 6.49. The number of aromatic nitrogens is 2. The highest BCUT2D eigenvalue weighted by molar-refractivity contribution is 6.17. The van der Waals surface area contributed by atoms with Crippen LogP contribution < -0.4 is 14.2 Å². The highest BCUT2D eigenvalue weighted by atomic mass is 35.5. The predicted molar refractivity (Wildman–Crippen MR) is 75.9 cm³/mol. The van der Waals surface area contributed by atoms with E-state index in [-0.39, 0.29) is 6.01 Å². The van der Waals surface area contributed by atoms with Crippen molar-refractivity contribution in [2.45, 2.75) is 12.8 Å². The molecule has 0 amide bonds. The van der Waals surface area contributed by atoms with Gasteiger partial charge in [-0.05, 0) is 6.92 Å². The van der Waals surface area contributed by atoms with E-state index in [0.717, 1.165) is 11.3 Å². The van der Waals surface area contributed by atoms with Gasteiger partial charge in [0.05, 0.1) is 20.1 Å². The van der Waals surface area contributed by atoms with Crippen LogP contribution in [0.5, 0.6) is 23.3 Å². The van der Waals surface area contributed by atoms with E-state index in [9.17, 15) is 0 Å². The molecule has 0 radical (unpaired) electrons. The van der Waals surface area contributed by atoms with Crippen molar-refractivity contribution < 1.29 is 14.2 Å². The van der Waals surface area contributed by atoms with Crippen molar-refractivity contribution >= 4 is 11.6 Å². The highest BCUT2D eigenvalue weighted by Crippen LogP contribution is 2.29. The number of nitrogens with zero attached hydrogens (tertiary/aromatic N) is 2. The van der Waals surface area contributed by atoms with Gasteiger partial charge in [0.25, 0.3) is 0 Å². The van der Waals surface area contributed by atoms with Crippen molar-refractivity contribution in [2.24, 2.45) is 0 Å². The van der Waals surface area contributed by atoms with E-state index in [4.69, 9.17) is 25.8 Å². The Labute approximate surface area is 122 Å². The fraction of sp³-hybridized carbons (Fsp3) is 0.286. The second kappa shape index (κ2) is 6.43. The first kappa shape index (κ1) is 14.4. The number of rotatable bonds is 5. The summed E-state index contributed by atoms with van der Waals surface area (Å²) in [4.78, 5) is 8.37. The zero-order chi connectivity index (χ0) is 14.5. The van der Waals surface area contributed by atoms with Crippen LogP contribution in [0.1, 0.15) is 11.3 Å². The lowest BCUT2D eigenvalue weighted by Gasteiger charge is -2.09. The van der Waals surface area contributed by atoms with Crippen molar-refractivity contribution in [3.05, 3.63) is 35.7 Å². The summed E-state index contributed by atoms with van der Waals surface area (Å²) >= 11 is 5.77. The van der Waals surface area contributed by atoms with Crippen LogP contribution in [-0.4, -0.2) is 24.2 Å². The van der Waals surface area contributed by atoms with E-state index in [0.29, 0.717) is 23.1 Å². The topological polar surface area (TPSA) is 53.5 Å². The van der Waals surface area contributed by atoms with Gasteiger partial charge in [-0.15, -0.1) is 11.6 Å². The molecule has 0 saturated carbocycles. The number of halogens is 1. The second-order valence-corrected chi connectivity index (χ2v) is 4.31. The molecule has 0 aliphatic carbocycles. The highest BCUT2D eigenvalue weighted by Gasteiger charge is 2.07. The van der Waals surface area contributed by atoms with E-state index >= 15 is 0 Å². The van der Waals surface area contributed by atoms with Crippen molar-refractivity contribution in [2.75, 3.05) is 14.2 Å². The molecule has 2 rings (SSSR count). The maximum absolute atomic E-state index is 5.77. The minimum absolute atomic E-state index is 0.256. The minimum Gasteiger partial charge on any atom is -0.496 e. The van der Waals surface area contributed by atoms with Gasteiger partial charge in [0.1, 0.15) is 17.2 Å². The van der Waals surface area contributed by atoms with Gasteiger partial charge >= 0.3 is 6.01 Å². The van der Waals surface area contributed by atoms with Gasteiger partial charge in [0.2, 0.25) is 0 Å². The molecule has 1 aromatic carbocycles. The van der Waals surface area contributed by atoms with E-state index in [1.807, 2.05) is 6.92 Å². The molecule has 0 aliphatic rings. The molecule has 1 aromatic heterocycles. The van der Waals surface area contributed by atoms with Crippen molar-refractivity contribution in [3.8, 4) is 23.3 Å². The van der Waals surface area contributed by atoms with Crippen LogP contribution in [0, 0.1) is 6.92 Å². The summed E-state index contributed by atoms with van der Waals surface area (Å²) in [6.07, 6.45) is 1.65. The molecule has 0 bridgehead atoms. The van der Waals surface area contributed by atoms with Crippen LogP contribution in [0.25, 0.3) is 0 Å². The monoisotopic (exact) mass is 294 g/mol. The predicted octanol–water partition coefficient (Wildman–Crippen LogP) is 3.33. The summed E-state index contributed by atoms with van der Waals surface area (Å²) in [5.74, 6) is 2.18. The number of alkyl halides is 1. The molecule has 1 heterocycles. The molecule has 0 fully saturated rings. The SMILES string of the molecule is COc1cc(OC)cc(Oc2ncc(CCl)c(C)n2)c1. The average molecular weight is 295 g/mol. The molecule has 0 unspecified atom stereocenters. The molecule has 0 N–H and O–H groups in total. The van der Waals surface area contributed by atoms with E-state index in [1.54, 1.807) is 38.6 Å². The molecule has 6 heteroatoms. The Morgan fingerprint density at radius 2 is 1.65 bits per heavy atom. The summed E-state index contributed by atoms with van der Waals surface area (Å²) in [5, 5.41) is 0. The van der Waals surface area contributed by atoms with Gasteiger partial charge in [-0.2, -0.15) is 4.98 Å². The Hall–Kier alpha value is -2.01. The number of aryl methyl sites for hydroxylation is 1. The van der Waals surface area contributed by atoms with Crippen molar-refractivity contribution in [1.82, 2.24) is 9.97 Å². The lowest BCUT2D eigenvalue weighted by atomic mass is 10.3. The van der Waals surface area contributed by atoms with Crippen LogP contribution in [-0.2, 0) is 5.88 Å². The van der Waals surface area contributed by atoms with E-state index < -0.39 is 0 Å². The standard InChI is InChI=1S/C14H15ClN2O3/c1-9-10(7-15)8-16-14(17-9)20-13-5-11(18-2)4-12(6-13)19-3/h4-6,8H,7H2,1-3H3. The number of methoxy groups -OCH3 is 2. The Kier molecular flexibility index (Phi) is 4.63. The van der Waals surface area contributed by atoms with Gasteiger partial charge in [-0.1, -0.05) is 0 Å². The summed E-state index contributed by atoms with van der Waals surface area (Å²) in [5.41, 5.74) is 1.67. The van der Waals surface area contributed by atoms with Gasteiger partial charge in [0.15, 0.2) is 0 Å². The van der Waals surface area contributed by atoms with Gasteiger partial charge in [0, 0.05) is 35.7 Å². The van der Waals surface area contributed by atoms with E-state index in [2.05, 4.69) is 9.97 Å². The average Bonchev–Trinajstić information content (AvgIpc) is 2.47. The van der Waals surface area contributed by atoms with Crippen LogP contribution in [0.2, 0.25) is 0 Å². The maximum atomic E-state index is 5.77. The summed E-state index contributed by atoms with van der Waals surface area (Å²) in [7, 11) is 3.16. The number of hydrogen-bond donors (Lipinski definition) is 0. The van der Waals surface area contributed by atoms with E-state index in [1.165, 1.54) is 0 Å². The molecule has 0 saturated heterocycles. The maximum Gasteiger partial charge on any atom is 0.322 e. The van der Waals surface area contributed by atoms with Crippen molar-refractivity contribution in [1.29, 1.82) is 0 Å². The molecule has 5 nitrogen and oxygen atoms in total. The molecule has 0 atom stereocenters. The van der Waals surface area contributed by atoms with Crippen LogP contribution in [0.3, 0.4) is 0 Å². The Morgan fingerprint density at radius 1 is 1.05 bits per heavy atom. The smallest absolute Gasteiger partial charge is 0.322 e. The number of ether oxygens (including phenoxy) is 3. The molecule has 0 spiro atoms. The summed E-state index contributed by atoms with van der Waals surface area (Å²) in [6.45, 7) is 1.86. The lowest BCUT2D eigenvalue weighted by Crippen LogP contribution is -1.97. The lowest BCUT2D eigenvalue weighted by molar-refractivity contribution is 0.382. The molecule has 0 aliphatic heterocycles. The third-order valence-corrected chi connectivity index (χ3v) is 3.02. The number of hydrogen-bond acceptors (Lipinski definition) is 5. The molecule has 20 heavy (non-hydrogen) atoms. The van der Waals surface area contributed by atoms with Crippen molar-refractivity contribution in [3.63, 3.8) is 0 Å². The Balaban J connectivity index is 2.27. The number of benzene rings is 1. The normalized spacial score (nSPS) is 10.2. The molecular weight excluding hydrogens is 280 g/mol. The quantitative estimate of drug-likeness (QED) is 0.792. The Bertz CT molecular complexity index is 583. The third-order valence-electron chi connectivity index (χ3n) is 2.74. The van der Waals surface area contributed by atoms with Crippen LogP contribution >= 0.6 is 11.6 Å². The minimum atomic E-state index is 0.256. The van der Waals surface area contributed by atoms with Crippen LogP contribution in [0.4, 0.5) is 0 Å².